The lowest BCUT2D eigenvalue weighted by atomic mass is 10.3. The lowest BCUT2D eigenvalue weighted by Crippen LogP contribution is -2.47. The number of aromatic nitrogens is 3. The van der Waals surface area contributed by atoms with Crippen molar-refractivity contribution in [2.75, 3.05) is 39.0 Å². The van der Waals surface area contributed by atoms with E-state index in [1.54, 1.807) is 18.2 Å². The summed E-state index contributed by atoms with van der Waals surface area (Å²) in [5, 5.41) is 7.28. The number of benzene rings is 1. The Hall–Kier alpha value is -2.13. The molecule has 1 N–H and O–H groups in total. The van der Waals surface area contributed by atoms with Gasteiger partial charge in [-0.1, -0.05) is 23.9 Å². The van der Waals surface area contributed by atoms with Gasteiger partial charge in [0.15, 0.2) is 17.4 Å². The summed E-state index contributed by atoms with van der Waals surface area (Å²) in [7, 11) is 2.05. The van der Waals surface area contributed by atoms with E-state index in [-0.39, 0.29) is 18.3 Å². The molecule has 1 fully saturated rings. The van der Waals surface area contributed by atoms with Crippen LogP contribution < -0.4 is 4.74 Å². The zero-order valence-electron chi connectivity index (χ0n) is 13.9. The molecular formula is C16H20FN5O2S. The molecule has 1 amide bonds. The van der Waals surface area contributed by atoms with Gasteiger partial charge in [0.05, 0.1) is 5.75 Å². The van der Waals surface area contributed by atoms with E-state index in [1.807, 2.05) is 4.90 Å². The third kappa shape index (κ3) is 4.93. The number of nitrogens with zero attached hydrogens (tertiary/aromatic N) is 4. The van der Waals surface area contributed by atoms with Crippen molar-refractivity contribution in [3.05, 3.63) is 35.9 Å². The van der Waals surface area contributed by atoms with Crippen LogP contribution in [0.15, 0.2) is 29.4 Å². The molecule has 0 bridgehead atoms. The van der Waals surface area contributed by atoms with Crippen LogP contribution in [0.4, 0.5) is 4.39 Å². The number of para-hydroxylation sites is 1. The van der Waals surface area contributed by atoms with Gasteiger partial charge in [0.1, 0.15) is 6.61 Å². The number of rotatable bonds is 6. The predicted molar refractivity (Wildman–Crippen MR) is 91.9 cm³/mol. The number of thioether (sulfide) groups is 1. The molecule has 3 rings (SSSR count). The second-order valence-corrected chi connectivity index (χ2v) is 6.70. The Morgan fingerprint density at radius 3 is 2.84 bits per heavy atom. The number of ether oxygens (including phenoxy) is 1. The maximum atomic E-state index is 13.5. The first-order valence-corrected chi connectivity index (χ1v) is 8.98. The van der Waals surface area contributed by atoms with Crippen LogP contribution >= 0.6 is 11.8 Å². The van der Waals surface area contributed by atoms with Crippen LogP contribution in [0.25, 0.3) is 0 Å². The summed E-state index contributed by atoms with van der Waals surface area (Å²) in [5.41, 5.74) is 0. The quantitative estimate of drug-likeness (QED) is 0.780. The summed E-state index contributed by atoms with van der Waals surface area (Å²) >= 11 is 1.28. The molecule has 1 aliphatic rings. The van der Waals surface area contributed by atoms with E-state index in [0.717, 1.165) is 26.2 Å². The molecule has 0 saturated carbocycles. The Labute approximate surface area is 149 Å². The summed E-state index contributed by atoms with van der Waals surface area (Å²) in [6.45, 7) is 3.39. The molecule has 7 nitrogen and oxygen atoms in total. The van der Waals surface area contributed by atoms with E-state index in [2.05, 4.69) is 27.1 Å². The number of carbonyl (C=O) groups excluding carboxylic acids is 1. The average molecular weight is 365 g/mol. The monoisotopic (exact) mass is 365 g/mol. The number of piperazine rings is 1. The third-order valence-electron chi connectivity index (χ3n) is 3.89. The number of halogens is 1. The second-order valence-electron chi connectivity index (χ2n) is 5.76. The summed E-state index contributed by atoms with van der Waals surface area (Å²) in [6.07, 6.45) is 0. The zero-order valence-corrected chi connectivity index (χ0v) is 14.8. The SMILES string of the molecule is CN1CCN(C(=O)CSc2n[nH]c(COc3ccccc3F)n2)CC1. The van der Waals surface area contributed by atoms with E-state index in [0.29, 0.717) is 16.7 Å². The van der Waals surface area contributed by atoms with Gasteiger partial charge in [-0.15, -0.1) is 5.10 Å². The highest BCUT2D eigenvalue weighted by molar-refractivity contribution is 7.99. The van der Waals surface area contributed by atoms with Crippen LogP contribution in [0.2, 0.25) is 0 Å². The summed E-state index contributed by atoms with van der Waals surface area (Å²) < 4.78 is 18.9. The molecule has 134 valence electrons. The number of likely N-dealkylation sites (N-methyl/N-ethyl adjacent to an activating group) is 1. The Balaban J connectivity index is 1.45. The Morgan fingerprint density at radius 2 is 2.08 bits per heavy atom. The van der Waals surface area contributed by atoms with Crippen molar-refractivity contribution in [2.24, 2.45) is 0 Å². The van der Waals surface area contributed by atoms with Gasteiger partial charge >= 0.3 is 0 Å². The first-order valence-electron chi connectivity index (χ1n) is 7.99. The van der Waals surface area contributed by atoms with Crippen molar-refractivity contribution in [3.8, 4) is 5.75 Å². The van der Waals surface area contributed by atoms with Crippen LogP contribution in [0.5, 0.6) is 5.75 Å². The Kier molecular flexibility index (Phi) is 5.87. The molecule has 1 aliphatic heterocycles. The number of amides is 1. The molecule has 1 aromatic carbocycles. The van der Waals surface area contributed by atoms with Crippen molar-refractivity contribution in [1.29, 1.82) is 0 Å². The van der Waals surface area contributed by atoms with Gasteiger partial charge in [0, 0.05) is 26.2 Å². The van der Waals surface area contributed by atoms with Crippen molar-refractivity contribution >= 4 is 17.7 Å². The van der Waals surface area contributed by atoms with E-state index in [9.17, 15) is 9.18 Å². The first kappa shape index (κ1) is 17.7. The Morgan fingerprint density at radius 1 is 1.32 bits per heavy atom. The number of aromatic amines is 1. The summed E-state index contributed by atoms with van der Waals surface area (Å²) in [4.78, 5) is 20.5. The van der Waals surface area contributed by atoms with Crippen molar-refractivity contribution in [2.45, 2.75) is 11.8 Å². The fourth-order valence-electron chi connectivity index (χ4n) is 2.39. The highest BCUT2D eigenvalue weighted by atomic mass is 32.2. The van der Waals surface area contributed by atoms with Gasteiger partial charge < -0.3 is 14.5 Å². The number of nitrogens with one attached hydrogen (secondary N) is 1. The van der Waals surface area contributed by atoms with Gasteiger partial charge in [-0.25, -0.2) is 9.37 Å². The minimum absolute atomic E-state index is 0.0842. The largest absolute Gasteiger partial charge is 0.483 e. The fraction of sp³-hybridized carbons (Fsp3) is 0.438. The Bertz CT molecular complexity index is 718. The number of hydrogen-bond acceptors (Lipinski definition) is 6. The minimum atomic E-state index is -0.422. The highest BCUT2D eigenvalue weighted by Gasteiger charge is 2.19. The number of hydrogen-bond donors (Lipinski definition) is 1. The molecule has 2 heterocycles. The first-order chi connectivity index (χ1) is 12.1. The molecule has 0 radical (unpaired) electrons. The van der Waals surface area contributed by atoms with E-state index >= 15 is 0 Å². The molecule has 0 unspecified atom stereocenters. The standard InChI is InChI=1S/C16H20FN5O2S/c1-21-6-8-22(9-7-21)15(23)11-25-16-18-14(19-20-16)10-24-13-5-3-2-4-12(13)17/h2-5H,6-11H2,1H3,(H,18,19,20). The minimum Gasteiger partial charge on any atom is -0.483 e. The van der Waals surface area contributed by atoms with Gasteiger partial charge in [-0.2, -0.15) is 0 Å². The van der Waals surface area contributed by atoms with Crippen LogP contribution in [-0.2, 0) is 11.4 Å². The van der Waals surface area contributed by atoms with Crippen LogP contribution in [-0.4, -0.2) is 69.9 Å². The number of carbonyl (C=O) groups is 1. The molecule has 9 heteroatoms. The second kappa shape index (κ2) is 8.30. The molecule has 0 aliphatic carbocycles. The summed E-state index contributed by atoms with van der Waals surface area (Å²) in [5.74, 6) is 0.618. The maximum absolute atomic E-state index is 13.5. The normalized spacial score (nSPS) is 15.4. The maximum Gasteiger partial charge on any atom is 0.233 e. The van der Waals surface area contributed by atoms with E-state index in [1.165, 1.54) is 17.8 Å². The van der Waals surface area contributed by atoms with E-state index in [4.69, 9.17) is 4.74 Å². The molecule has 25 heavy (non-hydrogen) atoms. The van der Waals surface area contributed by atoms with Crippen molar-refractivity contribution in [3.63, 3.8) is 0 Å². The van der Waals surface area contributed by atoms with Gasteiger partial charge in [0.2, 0.25) is 11.1 Å². The highest BCUT2D eigenvalue weighted by Crippen LogP contribution is 2.18. The smallest absolute Gasteiger partial charge is 0.233 e. The summed E-state index contributed by atoms with van der Waals surface area (Å²) in [6, 6.07) is 6.18. The average Bonchev–Trinajstić information content (AvgIpc) is 3.07. The van der Waals surface area contributed by atoms with Crippen LogP contribution in [0, 0.1) is 5.82 Å². The molecule has 0 atom stereocenters. The van der Waals surface area contributed by atoms with Gasteiger partial charge in [0.25, 0.3) is 0 Å². The van der Waals surface area contributed by atoms with Crippen LogP contribution in [0.1, 0.15) is 5.82 Å². The van der Waals surface area contributed by atoms with Gasteiger partial charge in [-0.05, 0) is 19.2 Å². The molecule has 1 aromatic heterocycles. The molecular weight excluding hydrogens is 345 g/mol. The number of H-pyrrole nitrogens is 1. The third-order valence-corrected chi connectivity index (χ3v) is 4.73. The van der Waals surface area contributed by atoms with Crippen molar-refractivity contribution < 1.29 is 13.9 Å². The molecule has 0 spiro atoms. The predicted octanol–water partition coefficient (Wildman–Crippen LogP) is 1.39. The van der Waals surface area contributed by atoms with Crippen molar-refractivity contribution in [1.82, 2.24) is 25.0 Å². The van der Waals surface area contributed by atoms with Crippen LogP contribution in [0.3, 0.4) is 0 Å². The van der Waals surface area contributed by atoms with E-state index < -0.39 is 5.82 Å². The lowest BCUT2D eigenvalue weighted by molar-refractivity contribution is -0.129. The van der Waals surface area contributed by atoms with Gasteiger partial charge in [-0.3, -0.25) is 9.89 Å². The zero-order chi connectivity index (χ0) is 17.6. The molecule has 2 aromatic rings. The topological polar surface area (TPSA) is 74.3 Å². The molecule has 1 saturated heterocycles. The lowest BCUT2D eigenvalue weighted by Gasteiger charge is -2.32. The fourth-order valence-corrected chi connectivity index (χ4v) is 3.11.